The van der Waals surface area contributed by atoms with E-state index in [1.54, 1.807) is 23.9 Å². The van der Waals surface area contributed by atoms with Gasteiger partial charge in [0, 0.05) is 16.0 Å². The van der Waals surface area contributed by atoms with Crippen molar-refractivity contribution in [3.8, 4) is 17.2 Å². The number of aromatic hydroxyl groups is 1. The largest absolute Gasteiger partial charge is 0.502 e. The van der Waals surface area contributed by atoms with Gasteiger partial charge in [-0.25, -0.2) is 4.79 Å². The second-order valence-corrected chi connectivity index (χ2v) is 12.0. The highest BCUT2D eigenvalue weighted by Crippen LogP contribution is 2.69. The summed E-state index contributed by atoms with van der Waals surface area (Å²) in [6.07, 6.45) is 0.687. The van der Waals surface area contributed by atoms with Crippen LogP contribution in [-0.2, 0) is 14.4 Å². The molecule has 4 aliphatic rings. The van der Waals surface area contributed by atoms with Gasteiger partial charge >= 0.3 is 10.8 Å². The zero-order chi connectivity index (χ0) is 25.6. The van der Waals surface area contributed by atoms with Crippen LogP contribution in [0.4, 0.5) is 0 Å². The number of phenols is 1. The molecule has 1 aromatic heterocycles. The molecule has 1 saturated heterocycles. The Bertz CT molecular complexity index is 1340. The van der Waals surface area contributed by atoms with Gasteiger partial charge < -0.3 is 24.7 Å². The van der Waals surface area contributed by atoms with Crippen LogP contribution in [0.2, 0.25) is 0 Å². The van der Waals surface area contributed by atoms with Crippen LogP contribution in [0, 0.1) is 29.6 Å². The number of phenolic OH excluding ortho intramolecular Hbond substituents is 1. The van der Waals surface area contributed by atoms with Gasteiger partial charge in [-0.2, -0.15) is 0 Å². The van der Waals surface area contributed by atoms with Crippen molar-refractivity contribution in [2.24, 2.45) is 29.6 Å². The number of carbonyl (C=O) groups excluding carboxylic acids is 2. The summed E-state index contributed by atoms with van der Waals surface area (Å²) in [5, 5.41) is 20.7. The quantitative estimate of drug-likeness (QED) is 0.493. The molecule has 1 aromatic carbocycles. The zero-order valence-corrected chi connectivity index (χ0v) is 21.2. The number of imide groups is 1. The Hall–Kier alpha value is -2.99. The molecule has 3 fully saturated rings. The van der Waals surface area contributed by atoms with Gasteiger partial charge in [0.25, 0.3) is 0 Å². The average molecular weight is 533 g/mol. The summed E-state index contributed by atoms with van der Waals surface area (Å²) >= 11 is 2.67. The lowest BCUT2D eigenvalue weighted by atomic mass is 9.68. The number of likely N-dealkylation sites (tertiary alicyclic amines) is 1. The Kier molecular flexibility index (Phi) is 5.21. The summed E-state index contributed by atoms with van der Waals surface area (Å²) in [4.78, 5) is 55.4. The van der Waals surface area contributed by atoms with Gasteiger partial charge in [-0.05, 0) is 48.8 Å². The second-order valence-electron chi connectivity index (χ2n) is 9.80. The van der Waals surface area contributed by atoms with Crippen molar-refractivity contribution >= 4 is 40.9 Å². The summed E-state index contributed by atoms with van der Waals surface area (Å²) < 4.78 is 10.8. The number of thiazole rings is 1. The van der Waals surface area contributed by atoms with E-state index in [4.69, 9.17) is 9.47 Å². The third-order valence-corrected chi connectivity index (χ3v) is 11.0. The van der Waals surface area contributed by atoms with E-state index >= 15 is 0 Å². The lowest BCUT2D eigenvalue weighted by Gasteiger charge is -2.43. The van der Waals surface area contributed by atoms with Crippen LogP contribution >= 0.6 is 23.1 Å². The van der Waals surface area contributed by atoms with E-state index in [9.17, 15) is 29.4 Å². The molecule has 6 rings (SSSR count). The number of aromatic amines is 1. The number of thioether (sulfide) groups is 1. The van der Waals surface area contributed by atoms with Crippen LogP contribution < -0.4 is 14.3 Å². The van der Waals surface area contributed by atoms with Crippen molar-refractivity contribution in [1.82, 2.24) is 9.88 Å². The van der Waals surface area contributed by atoms with Crippen molar-refractivity contribution in [3.05, 3.63) is 32.2 Å². The van der Waals surface area contributed by atoms with Crippen LogP contribution in [0.25, 0.3) is 0 Å². The average Bonchev–Trinajstić information content (AvgIpc) is 3.57. The number of amides is 2. The predicted octanol–water partition coefficient (Wildman–Crippen LogP) is 2.11. The fourth-order valence-electron chi connectivity index (χ4n) is 7.00. The Labute approximate surface area is 213 Å². The normalized spacial score (nSPS) is 32.8. The molecule has 2 aliphatic carbocycles. The molecular formula is C24H24N2O8S2. The van der Waals surface area contributed by atoms with Crippen molar-refractivity contribution in [3.63, 3.8) is 0 Å². The lowest BCUT2D eigenvalue weighted by molar-refractivity contribution is -0.154. The molecular weight excluding hydrogens is 508 g/mol. The first-order valence-electron chi connectivity index (χ1n) is 11.6. The van der Waals surface area contributed by atoms with Gasteiger partial charge in [-0.3, -0.25) is 19.3 Å². The first kappa shape index (κ1) is 23.4. The number of nitrogens with one attached hydrogen (secondary N) is 1. The molecule has 7 unspecified atom stereocenters. The van der Waals surface area contributed by atoms with Crippen LogP contribution in [0.1, 0.15) is 29.7 Å². The number of hydrogen-bond acceptors (Lipinski definition) is 9. The lowest BCUT2D eigenvalue weighted by Crippen LogP contribution is -2.44. The molecule has 2 saturated carbocycles. The van der Waals surface area contributed by atoms with E-state index in [-0.39, 0.29) is 51.0 Å². The zero-order valence-electron chi connectivity index (χ0n) is 19.6. The highest BCUT2D eigenvalue weighted by Gasteiger charge is 2.70. The highest BCUT2D eigenvalue weighted by molar-refractivity contribution is 8.00. The van der Waals surface area contributed by atoms with Gasteiger partial charge in [-0.1, -0.05) is 11.3 Å². The number of carbonyl (C=O) groups is 3. The Balaban J connectivity index is 1.48. The Morgan fingerprint density at radius 3 is 2.31 bits per heavy atom. The molecule has 0 spiro atoms. The van der Waals surface area contributed by atoms with E-state index in [0.29, 0.717) is 6.42 Å². The molecule has 2 aliphatic heterocycles. The predicted molar refractivity (Wildman–Crippen MR) is 129 cm³/mol. The maximum absolute atomic E-state index is 13.5. The number of aromatic nitrogens is 1. The van der Waals surface area contributed by atoms with E-state index in [1.807, 2.05) is 0 Å². The minimum atomic E-state index is -1.22. The highest BCUT2D eigenvalue weighted by atomic mass is 32.2. The van der Waals surface area contributed by atoms with Crippen LogP contribution in [0.15, 0.2) is 22.0 Å². The number of methoxy groups -OCH3 is 2. The summed E-state index contributed by atoms with van der Waals surface area (Å²) in [7, 11) is 2.89. The Morgan fingerprint density at radius 1 is 1.11 bits per heavy atom. The molecule has 2 bridgehead atoms. The standard InChI is InChI=1S/C24H24N2O8S2/c1-7(23(30)31)26-21(28)15-9-6-10(16(15)22(26)29)18-14(9)13(19-20(35-18)25-24(32)36-19)8-4-11(33-2)17(27)12(5-8)34-3/h4-5,7,9-10,13-16,18,27H,6H2,1-3H3,(H,25,32)(H,30,31)/t7?,9?,10?,13-,14?,15?,16?,18?/m1/s1. The van der Waals surface area contributed by atoms with Gasteiger partial charge in [0.05, 0.1) is 31.1 Å². The summed E-state index contributed by atoms with van der Waals surface area (Å²) in [6.45, 7) is 1.36. The number of ether oxygens (including phenoxy) is 2. The maximum atomic E-state index is 13.5. The van der Waals surface area contributed by atoms with Gasteiger partial charge in [0.1, 0.15) is 6.04 Å². The van der Waals surface area contributed by atoms with E-state index < -0.39 is 35.7 Å². The number of hydrogen-bond donors (Lipinski definition) is 3. The second kappa shape index (κ2) is 8.01. The molecule has 8 atom stereocenters. The first-order chi connectivity index (χ1) is 17.2. The summed E-state index contributed by atoms with van der Waals surface area (Å²) in [5.41, 5.74) is 0.782. The maximum Gasteiger partial charge on any atom is 0.326 e. The minimum Gasteiger partial charge on any atom is -0.502 e. The van der Waals surface area contributed by atoms with Gasteiger partial charge in [-0.15, -0.1) is 11.8 Å². The molecule has 12 heteroatoms. The number of rotatable bonds is 5. The number of fused-ring (bicyclic) bond motifs is 9. The molecule has 36 heavy (non-hydrogen) atoms. The molecule has 3 heterocycles. The topological polar surface area (TPSA) is 146 Å². The SMILES string of the molecule is COc1cc([C@H]2c3sc(=O)[nH]c3SC3C4CC(C5C(=O)N(C(C)C(=O)O)C(=O)C45)C32)cc(OC)c1O. The van der Waals surface area contributed by atoms with Crippen molar-refractivity contribution in [2.75, 3.05) is 14.2 Å². The minimum absolute atomic E-state index is 0.0402. The van der Waals surface area contributed by atoms with E-state index in [1.165, 1.54) is 21.1 Å². The number of H-pyrrole nitrogens is 1. The third kappa shape index (κ3) is 2.97. The monoisotopic (exact) mass is 532 g/mol. The first-order valence-corrected chi connectivity index (χ1v) is 13.3. The van der Waals surface area contributed by atoms with Gasteiger partial charge in [0.2, 0.25) is 17.6 Å². The molecule has 2 aromatic rings. The molecule has 190 valence electrons. The molecule has 2 amide bonds. The van der Waals surface area contributed by atoms with E-state index in [0.717, 1.165) is 31.7 Å². The number of carboxylic acids is 1. The smallest absolute Gasteiger partial charge is 0.326 e. The van der Waals surface area contributed by atoms with Gasteiger partial charge in [0.15, 0.2) is 11.5 Å². The molecule has 3 N–H and O–H groups in total. The molecule has 0 radical (unpaired) electrons. The summed E-state index contributed by atoms with van der Waals surface area (Å²) in [6, 6.07) is 2.24. The third-order valence-electron chi connectivity index (χ3n) is 8.36. The van der Waals surface area contributed by atoms with E-state index in [2.05, 4.69) is 4.98 Å². The number of aliphatic carboxylic acids is 1. The van der Waals surface area contributed by atoms with Crippen molar-refractivity contribution in [2.45, 2.75) is 35.6 Å². The fraction of sp³-hybridized carbons (Fsp3) is 0.500. The Morgan fingerprint density at radius 2 is 1.72 bits per heavy atom. The van der Waals surface area contributed by atoms with Crippen molar-refractivity contribution in [1.29, 1.82) is 0 Å². The van der Waals surface area contributed by atoms with Crippen LogP contribution in [0.5, 0.6) is 17.2 Å². The fourth-order valence-corrected chi connectivity index (χ4v) is 9.89. The van der Waals surface area contributed by atoms with Crippen molar-refractivity contribution < 1.29 is 34.1 Å². The number of carboxylic acid groups (broad SMARTS) is 1. The van der Waals surface area contributed by atoms with Crippen LogP contribution in [0.3, 0.4) is 0 Å². The number of benzene rings is 1. The number of nitrogens with zero attached hydrogens (tertiary/aromatic N) is 1. The summed E-state index contributed by atoms with van der Waals surface area (Å²) in [5.74, 6) is -3.44. The molecule has 10 nitrogen and oxygen atoms in total. The van der Waals surface area contributed by atoms with Crippen LogP contribution in [-0.4, -0.2) is 63.4 Å².